The Morgan fingerprint density at radius 2 is 1.65 bits per heavy atom. The first-order valence-electron chi connectivity index (χ1n) is 6.08. The molecule has 3 N–H and O–H groups in total. The fourth-order valence-corrected chi connectivity index (χ4v) is 1.88. The summed E-state index contributed by atoms with van der Waals surface area (Å²) in [7, 11) is 0. The van der Waals surface area contributed by atoms with Crippen molar-refractivity contribution in [2.75, 3.05) is 11.1 Å². The van der Waals surface area contributed by atoms with Crippen LogP contribution in [0.5, 0.6) is 0 Å². The van der Waals surface area contributed by atoms with Crippen LogP contribution >= 0.6 is 0 Å². The predicted molar refractivity (Wildman–Crippen MR) is 75.1 cm³/mol. The third-order valence-corrected chi connectivity index (χ3v) is 3.13. The van der Waals surface area contributed by atoms with Gasteiger partial charge in [-0.2, -0.15) is 13.2 Å². The van der Waals surface area contributed by atoms with Crippen LogP contribution in [0.2, 0.25) is 0 Å². The molecule has 0 aliphatic heterocycles. The lowest BCUT2D eigenvalue weighted by atomic mass is 10.1. The second-order valence-electron chi connectivity index (χ2n) is 4.73. The summed E-state index contributed by atoms with van der Waals surface area (Å²) in [6, 6.07) is 9.14. The van der Waals surface area contributed by atoms with Crippen molar-refractivity contribution in [3.63, 3.8) is 0 Å². The molecule has 20 heavy (non-hydrogen) atoms. The van der Waals surface area contributed by atoms with Crippen molar-refractivity contribution in [1.29, 1.82) is 0 Å². The van der Waals surface area contributed by atoms with E-state index in [-0.39, 0.29) is 11.4 Å². The number of nitrogen functional groups attached to an aromatic ring is 1. The Hall–Kier alpha value is -2.17. The molecule has 2 nitrogen and oxygen atoms in total. The van der Waals surface area contributed by atoms with Crippen LogP contribution in [0.4, 0.5) is 30.2 Å². The molecule has 0 saturated heterocycles. The number of hydrogen-bond acceptors (Lipinski definition) is 2. The van der Waals surface area contributed by atoms with Crippen LogP contribution in [0, 0.1) is 13.8 Å². The molecule has 0 fully saturated rings. The number of aryl methyl sites for hydroxylation is 2. The molecule has 2 aromatic rings. The number of benzene rings is 2. The molecule has 0 unspecified atom stereocenters. The first-order chi connectivity index (χ1) is 9.27. The van der Waals surface area contributed by atoms with Crippen LogP contribution in [-0.2, 0) is 6.18 Å². The maximum Gasteiger partial charge on any atom is 0.418 e. The van der Waals surface area contributed by atoms with Gasteiger partial charge in [-0.15, -0.1) is 0 Å². The van der Waals surface area contributed by atoms with Crippen LogP contribution in [0.15, 0.2) is 36.4 Å². The zero-order chi connectivity index (χ0) is 14.9. The summed E-state index contributed by atoms with van der Waals surface area (Å²) in [5.74, 6) is 0. The third-order valence-electron chi connectivity index (χ3n) is 3.13. The molecular formula is C15H15F3N2. The van der Waals surface area contributed by atoms with Crippen molar-refractivity contribution >= 4 is 17.1 Å². The Morgan fingerprint density at radius 3 is 2.25 bits per heavy atom. The van der Waals surface area contributed by atoms with Crippen molar-refractivity contribution < 1.29 is 13.2 Å². The average molecular weight is 280 g/mol. The van der Waals surface area contributed by atoms with Gasteiger partial charge in [0.15, 0.2) is 0 Å². The monoisotopic (exact) mass is 280 g/mol. The molecule has 0 saturated carbocycles. The fourth-order valence-electron chi connectivity index (χ4n) is 1.88. The number of anilines is 3. The van der Waals surface area contributed by atoms with Gasteiger partial charge in [0.1, 0.15) is 0 Å². The van der Waals surface area contributed by atoms with Gasteiger partial charge in [0.05, 0.1) is 11.3 Å². The normalized spacial score (nSPS) is 11.4. The van der Waals surface area contributed by atoms with E-state index in [9.17, 15) is 13.2 Å². The number of nitrogens with one attached hydrogen (secondary N) is 1. The van der Waals surface area contributed by atoms with Gasteiger partial charge in [0, 0.05) is 11.4 Å². The van der Waals surface area contributed by atoms with Crippen molar-refractivity contribution in [3.05, 3.63) is 53.1 Å². The number of alkyl halides is 3. The van der Waals surface area contributed by atoms with Crippen LogP contribution in [0.25, 0.3) is 0 Å². The minimum atomic E-state index is -4.45. The smallest absolute Gasteiger partial charge is 0.399 e. The van der Waals surface area contributed by atoms with Crippen molar-refractivity contribution in [3.8, 4) is 0 Å². The molecule has 0 atom stereocenters. The highest BCUT2D eigenvalue weighted by molar-refractivity contribution is 5.67. The summed E-state index contributed by atoms with van der Waals surface area (Å²) in [5.41, 5.74) is 7.46. The second-order valence-corrected chi connectivity index (χ2v) is 4.73. The molecule has 5 heteroatoms. The molecule has 0 spiro atoms. The van der Waals surface area contributed by atoms with Crippen LogP contribution in [0.1, 0.15) is 16.7 Å². The third kappa shape index (κ3) is 3.04. The van der Waals surface area contributed by atoms with Crippen molar-refractivity contribution in [2.45, 2.75) is 20.0 Å². The highest BCUT2D eigenvalue weighted by Crippen LogP contribution is 2.37. The maximum absolute atomic E-state index is 13.0. The zero-order valence-corrected chi connectivity index (χ0v) is 11.2. The molecule has 0 bridgehead atoms. The summed E-state index contributed by atoms with van der Waals surface area (Å²) in [4.78, 5) is 0. The molecular weight excluding hydrogens is 265 g/mol. The number of hydrogen-bond donors (Lipinski definition) is 2. The SMILES string of the molecule is Cc1ccc(Nc2ccc(N)cc2C(F)(F)F)cc1C. The molecule has 106 valence electrons. The Bertz CT molecular complexity index is 634. The van der Waals surface area contributed by atoms with Gasteiger partial charge < -0.3 is 11.1 Å². The second kappa shape index (κ2) is 5.07. The van der Waals surface area contributed by atoms with Gasteiger partial charge in [-0.25, -0.2) is 0 Å². The Labute approximate surface area is 115 Å². The van der Waals surface area contributed by atoms with Crippen LogP contribution in [0.3, 0.4) is 0 Å². The molecule has 0 aliphatic carbocycles. The van der Waals surface area contributed by atoms with Gasteiger partial charge in [-0.3, -0.25) is 0 Å². The summed E-state index contributed by atoms with van der Waals surface area (Å²) < 4.78 is 38.9. The predicted octanol–water partition coefficient (Wildman–Crippen LogP) is 4.65. The summed E-state index contributed by atoms with van der Waals surface area (Å²) in [5, 5.41) is 2.80. The Morgan fingerprint density at radius 1 is 0.950 bits per heavy atom. The van der Waals surface area contributed by atoms with E-state index in [4.69, 9.17) is 5.73 Å². The number of nitrogens with two attached hydrogens (primary N) is 1. The standard InChI is InChI=1S/C15H15F3N2/c1-9-3-5-12(7-10(9)2)20-14-6-4-11(19)8-13(14)15(16,17)18/h3-8,20H,19H2,1-2H3. The van der Waals surface area contributed by atoms with E-state index in [1.165, 1.54) is 12.1 Å². The number of halogens is 3. The van der Waals surface area contributed by atoms with Gasteiger partial charge in [-0.05, 0) is 55.3 Å². The van der Waals surface area contributed by atoms with E-state index in [1.54, 1.807) is 6.07 Å². The van der Waals surface area contributed by atoms with Gasteiger partial charge in [0.2, 0.25) is 0 Å². The highest BCUT2D eigenvalue weighted by Gasteiger charge is 2.33. The van der Waals surface area contributed by atoms with E-state index in [0.29, 0.717) is 5.69 Å². The topological polar surface area (TPSA) is 38.0 Å². The zero-order valence-electron chi connectivity index (χ0n) is 11.2. The first kappa shape index (κ1) is 14.2. The largest absolute Gasteiger partial charge is 0.418 e. The van der Waals surface area contributed by atoms with Crippen molar-refractivity contribution in [1.82, 2.24) is 0 Å². The van der Waals surface area contributed by atoms with E-state index in [0.717, 1.165) is 17.2 Å². The van der Waals surface area contributed by atoms with Gasteiger partial charge >= 0.3 is 6.18 Å². The maximum atomic E-state index is 13.0. The molecule has 0 aromatic heterocycles. The summed E-state index contributed by atoms with van der Waals surface area (Å²) in [6.07, 6.45) is -4.45. The minimum absolute atomic E-state index is 0.00467. The van der Waals surface area contributed by atoms with E-state index in [2.05, 4.69) is 5.32 Å². The van der Waals surface area contributed by atoms with E-state index >= 15 is 0 Å². The summed E-state index contributed by atoms with van der Waals surface area (Å²) in [6.45, 7) is 3.86. The average Bonchev–Trinajstić information content (AvgIpc) is 2.35. The minimum Gasteiger partial charge on any atom is -0.399 e. The molecule has 0 aliphatic rings. The molecule has 0 radical (unpaired) electrons. The first-order valence-corrected chi connectivity index (χ1v) is 6.08. The van der Waals surface area contributed by atoms with Crippen LogP contribution in [-0.4, -0.2) is 0 Å². The lowest BCUT2D eigenvalue weighted by Gasteiger charge is -2.16. The summed E-state index contributed by atoms with van der Waals surface area (Å²) >= 11 is 0. The molecule has 2 rings (SSSR count). The fraction of sp³-hybridized carbons (Fsp3) is 0.200. The van der Waals surface area contributed by atoms with Crippen molar-refractivity contribution in [2.24, 2.45) is 0 Å². The van der Waals surface area contributed by atoms with Crippen LogP contribution < -0.4 is 11.1 Å². The molecule has 0 amide bonds. The Balaban J connectivity index is 2.40. The Kier molecular flexibility index (Phi) is 3.61. The van der Waals surface area contributed by atoms with Gasteiger partial charge in [0.25, 0.3) is 0 Å². The van der Waals surface area contributed by atoms with E-state index < -0.39 is 11.7 Å². The number of rotatable bonds is 2. The molecule has 2 aromatic carbocycles. The lowest BCUT2D eigenvalue weighted by molar-refractivity contribution is -0.136. The molecule has 0 heterocycles. The van der Waals surface area contributed by atoms with E-state index in [1.807, 2.05) is 26.0 Å². The quantitative estimate of drug-likeness (QED) is 0.786. The van der Waals surface area contributed by atoms with Gasteiger partial charge in [-0.1, -0.05) is 6.07 Å². The highest BCUT2D eigenvalue weighted by atomic mass is 19.4. The lowest BCUT2D eigenvalue weighted by Crippen LogP contribution is -2.09.